The van der Waals surface area contributed by atoms with Gasteiger partial charge in [0, 0.05) is 53.6 Å². The van der Waals surface area contributed by atoms with Crippen molar-refractivity contribution in [2.45, 2.75) is 55.5 Å². The second kappa shape index (κ2) is 11.9. The Morgan fingerprint density at radius 2 is 2.00 bits per heavy atom. The highest BCUT2D eigenvalue weighted by atomic mass is 32.2. The second-order valence-electron chi connectivity index (χ2n) is 10.4. The van der Waals surface area contributed by atoms with Crippen molar-refractivity contribution in [1.82, 2.24) is 30.0 Å². The van der Waals surface area contributed by atoms with E-state index in [4.69, 9.17) is 4.74 Å². The molecule has 15 nitrogen and oxygen atoms in total. The molecule has 0 aliphatic carbocycles. The number of tetrazole rings is 1. The normalized spacial score (nSPS) is 25.8. The number of ether oxygens (including phenoxy) is 1. The van der Waals surface area contributed by atoms with Crippen LogP contribution >= 0.6 is 23.5 Å². The molecule has 2 aromatic rings. The van der Waals surface area contributed by atoms with Crippen molar-refractivity contribution in [1.29, 1.82) is 0 Å². The number of aliphatic carboxylic acids is 1. The lowest BCUT2D eigenvalue weighted by molar-refractivity contribution is -0.384. The van der Waals surface area contributed by atoms with Crippen LogP contribution in [0.3, 0.4) is 0 Å². The van der Waals surface area contributed by atoms with Gasteiger partial charge >= 0.3 is 12.1 Å². The van der Waals surface area contributed by atoms with Gasteiger partial charge in [0.05, 0.1) is 23.0 Å². The van der Waals surface area contributed by atoms with Gasteiger partial charge in [-0.3, -0.25) is 14.9 Å². The molecule has 0 saturated carbocycles. The van der Waals surface area contributed by atoms with Gasteiger partial charge in [0.1, 0.15) is 12.3 Å². The second-order valence-corrected chi connectivity index (χ2v) is 12.8. The molecule has 4 heterocycles. The Morgan fingerprint density at radius 1 is 1.29 bits per heavy atom. The van der Waals surface area contributed by atoms with Gasteiger partial charge in [-0.1, -0.05) is 18.7 Å². The zero-order valence-corrected chi connectivity index (χ0v) is 24.5. The summed E-state index contributed by atoms with van der Waals surface area (Å²) in [7, 11) is 1.71. The number of carboxylic acids is 1. The molecule has 6 atom stereocenters. The molecule has 42 heavy (non-hydrogen) atoms. The molecule has 2 saturated heterocycles. The number of aromatic nitrogens is 4. The molecule has 1 aromatic carbocycles. The molecule has 5 rings (SSSR count). The fourth-order valence-corrected chi connectivity index (χ4v) is 8.19. The summed E-state index contributed by atoms with van der Waals surface area (Å²) in [6, 6.07) is 5.01. The summed E-state index contributed by atoms with van der Waals surface area (Å²) in [6.07, 6.45) is -0.945. The number of nitro benzene ring substituents is 1. The average Bonchev–Trinajstić information content (AvgIpc) is 3.61. The highest BCUT2D eigenvalue weighted by Crippen LogP contribution is 2.52. The molecule has 0 bridgehead atoms. The van der Waals surface area contributed by atoms with E-state index in [1.165, 1.54) is 64.3 Å². The number of amides is 2. The molecular weight excluding hydrogens is 590 g/mol. The minimum Gasteiger partial charge on any atom is -0.477 e. The largest absolute Gasteiger partial charge is 0.477 e. The Morgan fingerprint density at radius 3 is 2.60 bits per heavy atom. The molecule has 0 spiro atoms. The maximum Gasteiger partial charge on any atom is 0.410 e. The number of aryl methyl sites for hydroxylation is 1. The highest BCUT2D eigenvalue weighted by Gasteiger charge is 2.60. The van der Waals surface area contributed by atoms with E-state index in [2.05, 4.69) is 15.5 Å². The van der Waals surface area contributed by atoms with Gasteiger partial charge in [-0.2, -0.15) is 0 Å². The molecule has 17 heteroatoms. The van der Waals surface area contributed by atoms with Crippen LogP contribution < -0.4 is 0 Å². The molecule has 224 valence electrons. The number of hydrogen-bond acceptors (Lipinski definition) is 12. The molecule has 3 aliphatic rings. The Kier molecular flexibility index (Phi) is 8.43. The van der Waals surface area contributed by atoms with E-state index in [9.17, 15) is 34.7 Å². The van der Waals surface area contributed by atoms with Gasteiger partial charge in [0.25, 0.3) is 5.69 Å². The van der Waals surface area contributed by atoms with Crippen LogP contribution in [0.15, 0.2) is 40.0 Å². The molecule has 2 fully saturated rings. The summed E-state index contributed by atoms with van der Waals surface area (Å²) in [6.45, 7) is 3.58. The van der Waals surface area contributed by atoms with Crippen molar-refractivity contribution in [3.05, 3.63) is 50.5 Å². The van der Waals surface area contributed by atoms with E-state index >= 15 is 0 Å². The zero-order valence-electron chi connectivity index (χ0n) is 22.9. The SMILES string of the molecule is C[C@@H](O)[C@H]1C(=O)N2C(C(=O)O)=C(S[C@H]3C[C@@H](CSc4nnnn4C)N(C(=O)OCc4ccc([N+](=O)[O-])cc4)C3)[C@H](C)[C@H]12. The van der Waals surface area contributed by atoms with Gasteiger partial charge < -0.3 is 24.7 Å². The fourth-order valence-electron chi connectivity index (χ4n) is 5.66. The monoisotopic (exact) mass is 619 g/mol. The van der Waals surface area contributed by atoms with Crippen LogP contribution in [-0.2, 0) is 28.0 Å². The molecule has 0 unspecified atom stereocenters. The van der Waals surface area contributed by atoms with Gasteiger partial charge in [-0.05, 0) is 41.5 Å². The van der Waals surface area contributed by atoms with Crippen LogP contribution in [-0.4, -0.2) is 98.8 Å². The number of non-ortho nitro benzene ring substituents is 1. The molecule has 2 amide bonds. The van der Waals surface area contributed by atoms with E-state index in [0.717, 1.165) is 0 Å². The molecule has 1 aromatic heterocycles. The summed E-state index contributed by atoms with van der Waals surface area (Å²) >= 11 is 2.72. The lowest BCUT2D eigenvalue weighted by Gasteiger charge is -2.46. The number of benzene rings is 1. The number of fused-ring (bicyclic) bond motifs is 1. The average molecular weight is 620 g/mol. The number of thioether (sulfide) groups is 2. The number of carbonyl (C=O) groups excluding carboxylic acids is 2. The number of aliphatic hydroxyl groups excluding tert-OH is 1. The number of carbonyl (C=O) groups is 3. The summed E-state index contributed by atoms with van der Waals surface area (Å²) in [5, 5.41) is 42.9. The first-order valence-corrected chi connectivity index (χ1v) is 15.0. The first-order chi connectivity index (χ1) is 20.0. The zero-order chi connectivity index (χ0) is 30.3. The van der Waals surface area contributed by atoms with E-state index < -0.39 is 41.0 Å². The van der Waals surface area contributed by atoms with Crippen LogP contribution in [0.25, 0.3) is 0 Å². The number of aliphatic hydroxyl groups is 1. The van der Waals surface area contributed by atoms with E-state index in [0.29, 0.717) is 27.8 Å². The molecule has 0 radical (unpaired) electrons. The summed E-state index contributed by atoms with van der Waals surface area (Å²) in [5.74, 6) is -2.10. The van der Waals surface area contributed by atoms with Gasteiger partial charge in [-0.25, -0.2) is 14.3 Å². The number of β-lactam (4-membered cyclic amide) rings is 1. The molecular formula is C25H29N7O8S2. The van der Waals surface area contributed by atoms with Crippen LogP contribution in [0.1, 0.15) is 25.8 Å². The lowest BCUT2D eigenvalue weighted by Crippen LogP contribution is -2.63. The van der Waals surface area contributed by atoms with Crippen molar-refractivity contribution >= 4 is 47.2 Å². The van der Waals surface area contributed by atoms with Crippen molar-refractivity contribution in [3.8, 4) is 0 Å². The number of rotatable bonds is 10. The van der Waals surface area contributed by atoms with Crippen LogP contribution in [0.5, 0.6) is 0 Å². The third kappa shape index (κ3) is 5.55. The predicted molar refractivity (Wildman–Crippen MR) is 149 cm³/mol. The van der Waals surface area contributed by atoms with Crippen molar-refractivity contribution in [2.24, 2.45) is 18.9 Å². The minimum atomic E-state index is -1.21. The Bertz CT molecular complexity index is 1430. The lowest BCUT2D eigenvalue weighted by atomic mass is 9.79. The maximum atomic E-state index is 13.3. The predicted octanol–water partition coefficient (Wildman–Crippen LogP) is 1.88. The summed E-state index contributed by atoms with van der Waals surface area (Å²) in [4.78, 5) is 52.1. The maximum absolute atomic E-state index is 13.3. The Balaban J connectivity index is 1.31. The number of nitrogens with zero attached hydrogens (tertiary/aromatic N) is 7. The molecule has 3 aliphatic heterocycles. The van der Waals surface area contributed by atoms with Crippen LogP contribution in [0.2, 0.25) is 0 Å². The summed E-state index contributed by atoms with van der Waals surface area (Å²) < 4.78 is 7.09. The minimum absolute atomic E-state index is 0.0605. The van der Waals surface area contributed by atoms with E-state index in [1.807, 2.05) is 6.92 Å². The highest BCUT2D eigenvalue weighted by molar-refractivity contribution is 8.03. The Hall–Kier alpha value is -3.70. The number of carboxylic acid groups (broad SMARTS) is 1. The quantitative estimate of drug-likeness (QED) is 0.170. The van der Waals surface area contributed by atoms with Gasteiger partial charge in [0.2, 0.25) is 11.1 Å². The standard InChI is InChI=1S/C25H29N7O8S2/c1-12-19-18(13(2)33)22(34)31(19)20(23(35)36)21(12)42-17-8-16(11-41-24-26-27-28-29(24)3)30(9-17)25(37)40-10-14-4-6-15(7-5-14)32(38)39/h4-7,12-13,16-19,33H,8-11H2,1-3H3,(H,35,36)/t12-,13-,16+,17+,18-,19-/m1/s1. The topological polar surface area (TPSA) is 194 Å². The van der Waals surface area contributed by atoms with Gasteiger partial charge in [0.15, 0.2) is 0 Å². The number of hydrogen-bond donors (Lipinski definition) is 2. The van der Waals surface area contributed by atoms with Gasteiger partial charge in [-0.15, -0.1) is 16.9 Å². The smallest absolute Gasteiger partial charge is 0.410 e. The van der Waals surface area contributed by atoms with E-state index in [1.54, 1.807) is 11.9 Å². The van der Waals surface area contributed by atoms with Crippen molar-refractivity contribution < 1.29 is 34.3 Å². The van der Waals surface area contributed by atoms with E-state index in [-0.39, 0.29) is 41.7 Å². The number of likely N-dealkylation sites (tertiary alicyclic amines) is 1. The number of nitro groups is 1. The fraction of sp³-hybridized carbons (Fsp3) is 0.520. The molecule has 2 N–H and O–H groups in total. The van der Waals surface area contributed by atoms with Crippen molar-refractivity contribution in [3.63, 3.8) is 0 Å². The third-order valence-corrected chi connectivity index (χ3v) is 10.4. The summed E-state index contributed by atoms with van der Waals surface area (Å²) in [5.41, 5.74) is 0.463. The Labute approximate surface area is 248 Å². The van der Waals surface area contributed by atoms with Crippen LogP contribution in [0.4, 0.5) is 10.5 Å². The van der Waals surface area contributed by atoms with Crippen LogP contribution in [0, 0.1) is 22.0 Å². The van der Waals surface area contributed by atoms with Crippen molar-refractivity contribution in [2.75, 3.05) is 12.3 Å². The first-order valence-electron chi connectivity index (χ1n) is 13.1. The first kappa shape index (κ1) is 29.8. The third-order valence-electron chi connectivity index (χ3n) is 7.71.